The first kappa shape index (κ1) is 24.9. The minimum absolute atomic E-state index is 0.124. The minimum Gasteiger partial charge on any atom is -0.497 e. The molecule has 0 aliphatic carbocycles. The molecule has 1 atom stereocenters. The van der Waals surface area contributed by atoms with E-state index in [1.165, 1.54) is 0 Å². The lowest BCUT2D eigenvalue weighted by molar-refractivity contribution is 0.0915. The molecule has 2 aromatic rings. The number of fused-ring (bicyclic) bond motifs is 1. The first-order valence-corrected chi connectivity index (χ1v) is 12.4. The standard InChI is InChI=1S/C26H32N2O4S/c1-26(2)15-19-8-9-21(32-3)13-22(19)23(28-26)14-24(30)17-6-5-7-18(12-17)25(31)27-20(16-29)10-11-33-4/h5-9,12-14,20,28-29H,10-11,15-16H2,1-4H3,(H,27,31)/b23-14-/t20-/m0/s1. The van der Waals surface area contributed by atoms with E-state index in [4.69, 9.17) is 4.74 Å². The van der Waals surface area contributed by atoms with Crippen LogP contribution in [0.4, 0.5) is 0 Å². The molecule has 3 rings (SSSR count). The fraction of sp³-hybridized carbons (Fsp3) is 0.385. The molecule has 3 N–H and O–H groups in total. The second kappa shape index (κ2) is 10.9. The van der Waals surface area contributed by atoms with Crippen molar-refractivity contribution in [2.45, 2.75) is 38.3 Å². The summed E-state index contributed by atoms with van der Waals surface area (Å²) < 4.78 is 5.37. The molecule has 6 nitrogen and oxygen atoms in total. The highest BCUT2D eigenvalue weighted by atomic mass is 32.2. The first-order chi connectivity index (χ1) is 15.8. The van der Waals surface area contributed by atoms with Crippen molar-refractivity contribution in [3.8, 4) is 5.75 Å². The molecule has 0 saturated carbocycles. The number of hydrogen-bond donors (Lipinski definition) is 3. The first-order valence-electron chi connectivity index (χ1n) is 11.0. The van der Waals surface area contributed by atoms with Crippen molar-refractivity contribution < 1.29 is 19.4 Å². The predicted octanol–water partition coefficient (Wildman–Crippen LogP) is 3.69. The summed E-state index contributed by atoms with van der Waals surface area (Å²) in [5.41, 5.74) is 3.43. The number of rotatable bonds is 9. The van der Waals surface area contributed by atoms with Crippen LogP contribution in [-0.4, -0.2) is 54.1 Å². The van der Waals surface area contributed by atoms with Crippen LogP contribution in [0, 0.1) is 0 Å². The normalized spacial score (nSPS) is 16.5. The number of aliphatic hydroxyl groups excluding tert-OH is 1. The lowest BCUT2D eigenvalue weighted by Crippen LogP contribution is -2.43. The molecular formula is C26H32N2O4S. The molecule has 1 aliphatic heterocycles. The van der Waals surface area contributed by atoms with Gasteiger partial charge in [-0.1, -0.05) is 18.2 Å². The Bertz CT molecular complexity index is 1050. The van der Waals surface area contributed by atoms with E-state index in [1.807, 2.05) is 24.5 Å². The van der Waals surface area contributed by atoms with E-state index in [-0.39, 0.29) is 29.9 Å². The summed E-state index contributed by atoms with van der Waals surface area (Å²) in [6, 6.07) is 12.3. The zero-order chi connectivity index (χ0) is 24.0. The number of aliphatic hydroxyl groups is 1. The zero-order valence-electron chi connectivity index (χ0n) is 19.6. The van der Waals surface area contributed by atoms with Gasteiger partial charge in [-0.05, 0) is 68.5 Å². The van der Waals surface area contributed by atoms with Gasteiger partial charge in [0.25, 0.3) is 5.91 Å². The van der Waals surface area contributed by atoms with Crippen molar-refractivity contribution in [3.05, 3.63) is 70.8 Å². The molecule has 176 valence electrons. The van der Waals surface area contributed by atoms with Gasteiger partial charge in [-0.3, -0.25) is 9.59 Å². The molecule has 0 aromatic heterocycles. The molecule has 0 fully saturated rings. The number of ketones is 1. The fourth-order valence-corrected chi connectivity index (χ4v) is 4.44. The van der Waals surface area contributed by atoms with Gasteiger partial charge >= 0.3 is 0 Å². The molecule has 1 heterocycles. The van der Waals surface area contributed by atoms with Crippen molar-refractivity contribution in [2.75, 3.05) is 25.7 Å². The molecule has 33 heavy (non-hydrogen) atoms. The lowest BCUT2D eigenvalue weighted by Gasteiger charge is -2.35. The summed E-state index contributed by atoms with van der Waals surface area (Å²) in [6.07, 6.45) is 5.08. The van der Waals surface area contributed by atoms with E-state index in [0.717, 1.165) is 34.7 Å². The second-order valence-corrected chi connectivity index (χ2v) is 9.83. The van der Waals surface area contributed by atoms with Crippen LogP contribution in [-0.2, 0) is 6.42 Å². The number of nitrogens with one attached hydrogen (secondary N) is 2. The monoisotopic (exact) mass is 468 g/mol. The third kappa shape index (κ3) is 6.39. The summed E-state index contributed by atoms with van der Waals surface area (Å²) in [5, 5.41) is 15.8. The summed E-state index contributed by atoms with van der Waals surface area (Å²) in [6.45, 7) is 4.07. The maximum absolute atomic E-state index is 13.2. The van der Waals surface area contributed by atoms with Gasteiger partial charge in [-0.15, -0.1) is 0 Å². The van der Waals surface area contributed by atoms with Crippen LogP contribution in [0.3, 0.4) is 0 Å². The molecule has 7 heteroatoms. The van der Waals surface area contributed by atoms with Crippen molar-refractivity contribution in [3.63, 3.8) is 0 Å². The lowest BCUT2D eigenvalue weighted by atomic mass is 9.85. The third-order valence-electron chi connectivity index (χ3n) is 5.62. The molecule has 0 spiro atoms. The van der Waals surface area contributed by atoms with Crippen molar-refractivity contribution >= 4 is 29.1 Å². The van der Waals surface area contributed by atoms with E-state index < -0.39 is 0 Å². The third-order valence-corrected chi connectivity index (χ3v) is 6.27. The van der Waals surface area contributed by atoms with Crippen LogP contribution in [0.2, 0.25) is 0 Å². The van der Waals surface area contributed by atoms with Crippen molar-refractivity contribution in [1.82, 2.24) is 10.6 Å². The molecular weight excluding hydrogens is 436 g/mol. The Morgan fingerprint density at radius 1 is 1.24 bits per heavy atom. The Morgan fingerprint density at radius 2 is 2.00 bits per heavy atom. The maximum Gasteiger partial charge on any atom is 0.251 e. The highest BCUT2D eigenvalue weighted by Crippen LogP contribution is 2.32. The molecule has 0 bridgehead atoms. The van der Waals surface area contributed by atoms with Gasteiger partial charge in [0, 0.05) is 34.0 Å². The zero-order valence-corrected chi connectivity index (χ0v) is 20.4. The summed E-state index contributed by atoms with van der Waals surface area (Å²) in [5.74, 6) is 1.07. The SMILES string of the molecule is COc1ccc2c(c1)/C(=C/C(=O)c1cccc(C(=O)N[C@H](CO)CCSC)c1)NC(C)(C)C2. The number of carbonyl (C=O) groups excluding carboxylic acids is 2. The van der Waals surface area contributed by atoms with Crippen LogP contribution in [0.5, 0.6) is 5.75 Å². The van der Waals surface area contributed by atoms with Crippen LogP contribution < -0.4 is 15.4 Å². The molecule has 2 aromatic carbocycles. The predicted molar refractivity (Wildman–Crippen MR) is 134 cm³/mol. The van der Waals surface area contributed by atoms with Gasteiger partial charge in [-0.25, -0.2) is 0 Å². The van der Waals surface area contributed by atoms with Gasteiger partial charge in [0.05, 0.1) is 19.8 Å². The number of thioether (sulfide) groups is 1. The Balaban J connectivity index is 1.85. The molecule has 0 radical (unpaired) electrons. The number of benzene rings is 2. The molecule has 1 amide bonds. The highest BCUT2D eigenvalue weighted by Gasteiger charge is 2.28. The number of allylic oxidation sites excluding steroid dienone is 1. The van der Waals surface area contributed by atoms with E-state index >= 15 is 0 Å². The van der Waals surface area contributed by atoms with E-state index in [0.29, 0.717) is 17.5 Å². The van der Waals surface area contributed by atoms with Gasteiger partial charge in [0.2, 0.25) is 0 Å². The van der Waals surface area contributed by atoms with E-state index in [2.05, 4.69) is 24.5 Å². The number of methoxy groups -OCH3 is 1. The van der Waals surface area contributed by atoms with Gasteiger partial charge in [0.1, 0.15) is 5.75 Å². The second-order valence-electron chi connectivity index (χ2n) is 8.85. The highest BCUT2D eigenvalue weighted by molar-refractivity contribution is 7.98. The number of hydrogen-bond acceptors (Lipinski definition) is 6. The number of amides is 1. The Labute approximate surface area is 199 Å². The van der Waals surface area contributed by atoms with Gasteiger partial charge in [-0.2, -0.15) is 11.8 Å². The van der Waals surface area contributed by atoms with Crippen LogP contribution in [0.15, 0.2) is 48.5 Å². The van der Waals surface area contributed by atoms with Gasteiger partial charge in [0.15, 0.2) is 5.78 Å². The molecule has 1 aliphatic rings. The average Bonchev–Trinajstić information content (AvgIpc) is 2.80. The van der Waals surface area contributed by atoms with Crippen LogP contribution in [0.25, 0.3) is 5.70 Å². The topological polar surface area (TPSA) is 87.7 Å². The average molecular weight is 469 g/mol. The summed E-state index contributed by atoms with van der Waals surface area (Å²) in [4.78, 5) is 25.8. The Hall–Kier alpha value is -2.77. The Kier molecular flexibility index (Phi) is 8.21. The van der Waals surface area contributed by atoms with E-state index in [9.17, 15) is 14.7 Å². The fourth-order valence-electron chi connectivity index (χ4n) is 3.92. The Morgan fingerprint density at radius 3 is 2.70 bits per heavy atom. The number of carbonyl (C=O) groups is 2. The minimum atomic E-state index is -0.313. The smallest absolute Gasteiger partial charge is 0.251 e. The molecule has 0 saturated heterocycles. The van der Waals surface area contributed by atoms with E-state index in [1.54, 1.807) is 49.2 Å². The largest absolute Gasteiger partial charge is 0.497 e. The molecule has 0 unspecified atom stereocenters. The van der Waals surface area contributed by atoms with Crippen LogP contribution in [0.1, 0.15) is 52.1 Å². The maximum atomic E-state index is 13.2. The summed E-state index contributed by atoms with van der Waals surface area (Å²) >= 11 is 1.66. The summed E-state index contributed by atoms with van der Waals surface area (Å²) in [7, 11) is 1.62. The van der Waals surface area contributed by atoms with Gasteiger partial charge < -0.3 is 20.5 Å². The number of ether oxygens (including phenoxy) is 1. The van der Waals surface area contributed by atoms with Crippen molar-refractivity contribution in [1.29, 1.82) is 0 Å². The van der Waals surface area contributed by atoms with Crippen LogP contribution >= 0.6 is 11.8 Å². The van der Waals surface area contributed by atoms with Crippen molar-refractivity contribution in [2.24, 2.45) is 0 Å². The quantitative estimate of drug-likeness (QED) is 0.384.